The van der Waals surface area contributed by atoms with Crippen LogP contribution >= 0.6 is 0 Å². The maximum Gasteiger partial charge on any atom is 0.277 e. The van der Waals surface area contributed by atoms with Crippen molar-refractivity contribution in [3.63, 3.8) is 0 Å². The summed E-state index contributed by atoms with van der Waals surface area (Å²) in [5.41, 5.74) is 2.83. The van der Waals surface area contributed by atoms with Crippen LogP contribution in [0.3, 0.4) is 0 Å². The van der Waals surface area contributed by atoms with Crippen molar-refractivity contribution in [2.45, 2.75) is 62.3 Å². The fourth-order valence-electron chi connectivity index (χ4n) is 4.68. The van der Waals surface area contributed by atoms with E-state index in [1.165, 1.54) is 16.7 Å². The summed E-state index contributed by atoms with van der Waals surface area (Å²) >= 11 is 0. The Bertz CT molecular complexity index is 1690. The summed E-state index contributed by atoms with van der Waals surface area (Å²) in [6.45, 7) is 5.75. The van der Waals surface area contributed by atoms with Crippen molar-refractivity contribution in [2.75, 3.05) is 0 Å². The Morgan fingerprint density at radius 1 is 1.05 bits per heavy atom. The number of rotatable bonds is 9. The third kappa shape index (κ3) is 5.47. The summed E-state index contributed by atoms with van der Waals surface area (Å²) < 4.78 is 28.9. The first kappa shape index (κ1) is 27.7. The number of hydrogen-bond donors (Lipinski definition) is 1. The molecule has 0 spiro atoms. The zero-order valence-electron chi connectivity index (χ0n) is 22.1. The molecule has 39 heavy (non-hydrogen) atoms. The van der Waals surface area contributed by atoms with Gasteiger partial charge in [-0.25, -0.2) is 8.42 Å². The Balaban J connectivity index is 1.86. The molecule has 2 aromatic heterocycles. The minimum Gasteiger partial charge on any atom is -0.492 e. The van der Waals surface area contributed by atoms with Crippen molar-refractivity contribution >= 4 is 9.84 Å². The van der Waals surface area contributed by atoms with E-state index in [2.05, 4.69) is 16.0 Å². The Hall–Kier alpha value is -4.29. The summed E-state index contributed by atoms with van der Waals surface area (Å²) in [5, 5.41) is 20.0. The molecule has 0 aliphatic carbocycles. The highest BCUT2D eigenvalue weighted by atomic mass is 32.2. The van der Waals surface area contributed by atoms with Gasteiger partial charge in [0.1, 0.15) is 5.82 Å². The quantitative estimate of drug-likeness (QED) is 0.301. The lowest BCUT2D eigenvalue weighted by Crippen LogP contribution is -2.33. The van der Waals surface area contributed by atoms with E-state index in [1.54, 1.807) is 48.7 Å². The highest BCUT2D eigenvalue weighted by Gasteiger charge is 2.31. The number of hydrogen-bond acceptors (Lipinski definition) is 7. The van der Waals surface area contributed by atoms with E-state index in [9.17, 15) is 23.6 Å². The number of sulfone groups is 1. The Morgan fingerprint density at radius 2 is 1.74 bits per heavy atom. The van der Waals surface area contributed by atoms with Gasteiger partial charge in [-0.15, -0.1) is 0 Å². The lowest BCUT2D eigenvalue weighted by molar-refractivity contribution is 0.406. The van der Waals surface area contributed by atoms with E-state index < -0.39 is 32.2 Å². The number of unbranched alkanes of at least 4 members (excludes halogenated alkanes) is 1. The van der Waals surface area contributed by atoms with Crippen molar-refractivity contribution in [3.05, 3.63) is 99.9 Å². The number of aryl methyl sites for hydroxylation is 2. The standard InChI is InChI=1S/C30H30N4O4S/c1-4-6-9-27-33-29(35)28(30(36)34(27)26(5-2)23-12-10-21(19-31)11-13-23)39(37,38)24-16-14-22(15-17-24)25-8-7-18-32-20(25)3/h7-8,10-18,26,35H,4-6,9H2,1-3H3. The van der Waals surface area contributed by atoms with Gasteiger partial charge in [0.2, 0.25) is 15.7 Å². The van der Waals surface area contributed by atoms with E-state index in [-0.39, 0.29) is 4.90 Å². The van der Waals surface area contributed by atoms with Gasteiger partial charge in [-0.05, 0) is 61.2 Å². The predicted molar refractivity (Wildman–Crippen MR) is 148 cm³/mol. The van der Waals surface area contributed by atoms with Gasteiger partial charge in [0.05, 0.1) is 22.6 Å². The van der Waals surface area contributed by atoms with E-state index in [1.807, 2.05) is 26.8 Å². The van der Waals surface area contributed by atoms with Crippen LogP contribution in [0, 0.1) is 18.3 Å². The van der Waals surface area contributed by atoms with Crippen LogP contribution in [0.5, 0.6) is 5.88 Å². The van der Waals surface area contributed by atoms with Crippen molar-refractivity contribution in [3.8, 4) is 23.1 Å². The third-order valence-electron chi connectivity index (χ3n) is 6.76. The zero-order chi connectivity index (χ0) is 28.2. The molecule has 1 N–H and O–H groups in total. The number of aromatic nitrogens is 3. The summed E-state index contributed by atoms with van der Waals surface area (Å²) in [7, 11) is -4.41. The molecule has 0 bridgehead atoms. The average molecular weight is 543 g/mol. The molecule has 0 saturated carbocycles. The van der Waals surface area contributed by atoms with Crippen LogP contribution in [-0.4, -0.2) is 28.1 Å². The molecule has 1 atom stereocenters. The second-order valence-corrected chi connectivity index (χ2v) is 11.2. The summed E-state index contributed by atoms with van der Waals surface area (Å²) in [6, 6.07) is 18.2. The van der Waals surface area contributed by atoms with Gasteiger partial charge < -0.3 is 5.11 Å². The molecule has 0 aliphatic rings. The second-order valence-electron chi connectivity index (χ2n) is 9.28. The maximum absolute atomic E-state index is 13.9. The van der Waals surface area contributed by atoms with Gasteiger partial charge in [-0.3, -0.25) is 14.3 Å². The molecule has 0 aliphatic heterocycles. The zero-order valence-corrected chi connectivity index (χ0v) is 22.9. The van der Waals surface area contributed by atoms with E-state index in [0.717, 1.165) is 28.8 Å². The van der Waals surface area contributed by atoms with Crippen molar-refractivity contribution in [1.82, 2.24) is 14.5 Å². The second kappa shape index (κ2) is 11.6. The minimum atomic E-state index is -4.41. The molecule has 0 amide bonds. The molecule has 4 aromatic rings. The van der Waals surface area contributed by atoms with Crippen LogP contribution in [0.4, 0.5) is 0 Å². The molecular formula is C30H30N4O4S. The van der Waals surface area contributed by atoms with E-state index in [0.29, 0.717) is 30.7 Å². The first-order valence-corrected chi connectivity index (χ1v) is 14.3. The van der Waals surface area contributed by atoms with Crippen molar-refractivity contribution in [2.24, 2.45) is 0 Å². The summed E-state index contributed by atoms with van der Waals surface area (Å²) in [6.07, 6.45) is 4.08. The van der Waals surface area contributed by atoms with Crippen molar-refractivity contribution < 1.29 is 13.5 Å². The SMILES string of the molecule is CCCCc1nc(O)c(S(=O)(=O)c2ccc(-c3cccnc3C)cc2)c(=O)n1C(CC)c1ccc(C#N)cc1. The molecule has 4 rings (SSSR count). The molecular weight excluding hydrogens is 512 g/mol. The van der Waals surface area contributed by atoms with Gasteiger partial charge in [0.25, 0.3) is 5.56 Å². The average Bonchev–Trinajstić information content (AvgIpc) is 2.94. The third-order valence-corrected chi connectivity index (χ3v) is 8.54. The number of benzene rings is 2. The smallest absolute Gasteiger partial charge is 0.277 e. The normalized spacial score (nSPS) is 12.2. The van der Waals surface area contributed by atoms with Gasteiger partial charge in [0.15, 0.2) is 4.90 Å². The Morgan fingerprint density at radius 3 is 2.33 bits per heavy atom. The lowest BCUT2D eigenvalue weighted by Gasteiger charge is -2.23. The van der Waals surface area contributed by atoms with Crippen LogP contribution in [0.15, 0.2) is 81.4 Å². The number of pyridine rings is 1. The van der Waals surface area contributed by atoms with Gasteiger partial charge in [0, 0.05) is 23.9 Å². The van der Waals surface area contributed by atoms with Crippen LogP contribution in [0.2, 0.25) is 0 Å². The molecule has 8 nitrogen and oxygen atoms in total. The largest absolute Gasteiger partial charge is 0.492 e. The molecule has 0 fully saturated rings. The molecule has 200 valence electrons. The number of nitrogens with zero attached hydrogens (tertiary/aromatic N) is 4. The van der Waals surface area contributed by atoms with Gasteiger partial charge in [-0.1, -0.05) is 50.6 Å². The highest BCUT2D eigenvalue weighted by Crippen LogP contribution is 2.30. The van der Waals surface area contributed by atoms with Crippen molar-refractivity contribution in [1.29, 1.82) is 5.26 Å². The highest BCUT2D eigenvalue weighted by molar-refractivity contribution is 7.91. The molecule has 0 radical (unpaired) electrons. The Labute approximate surface area is 228 Å². The number of nitriles is 1. The topological polar surface area (TPSA) is 126 Å². The minimum absolute atomic E-state index is 0.124. The summed E-state index contributed by atoms with van der Waals surface area (Å²) in [4.78, 5) is 21.6. The van der Waals surface area contributed by atoms with Gasteiger partial charge in [-0.2, -0.15) is 10.2 Å². The molecule has 1 unspecified atom stereocenters. The van der Waals surface area contributed by atoms with E-state index in [4.69, 9.17) is 0 Å². The molecule has 2 heterocycles. The van der Waals surface area contributed by atoms with Crippen LogP contribution in [0.25, 0.3) is 11.1 Å². The lowest BCUT2D eigenvalue weighted by atomic mass is 10.0. The first-order valence-electron chi connectivity index (χ1n) is 12.8. The van der Waals surface area contributed by atoms with Crippen LogP contribution in [0.1, 0.15) is 61.8 Å². The summed E-state index contributed by atoms with van der Waals surface area (Å²) in [5.74, 6) is -0.485. The monoisotopic (exact) mass is 542 g/mol. The maximum atomic E-state index is 13.9. The molecule has 0 saturated heterocycles. The van der Waals surface area contributed by atoms with Crippen LogP contribution in [-0.2, 0) is 16.3 Å². The molecule has 2 aromatic carbocycles. The number of aromatic hydroxyl groups is 1. The first-order chi connectivity index (χ1) is 18.7. The van der Waals surface area contributed by atoms with Crippen LogP contribution < -0.4 is 5.56 Å². The molecule has 9 heteroatoms. The fourth-order valence-corrected chi connectivity index (χ4v) is 6.03. The fraction of sp³-hybridized carbons (Fsp3) is 0.267. The van der Waals surface area contributed by atoms with Gasteiger partial charge >= 0.3 is 0 Å². The Kier molecular flexibility index (Phi) is 8.27. The predicted octanol–water partition coefficient (Wildman–Crippen LogP) is 5.37. The van der Waals surface area contributed by atoms with E-state index >= 15 is 0 Å².